The molecule has 0 aliphatic carbocycles. The number of hydrogen-bond donors (Lipinski definition) is 0. The van der Waals surface area contributed by atoms with Gasteiger partial charge in [-0.05, 0) is 32.4 Å². The Hall–Kier alpha value is -1.88. The minimum Gasteiger partial charge on any atom is -0.307 e. The molecule has 0 saturated heterocycles. The first-order valence-electron chi connectivity index (χ1n) is 7.08. The quantitative estimate of drug-likeness (QED) is 0.695. The summed E-state index contributed by atoms with van der Waals surface area (Å²) in [6.45, 7) is 7.51. The molecule has 3 aromatic rings. The number of aryl methyl sites for hydroxylation is 2. The summed E-state index contributed by atoms with van der Waals surface area (Å²) in [7, 11) is 0. The van der Waals surface area contributed by atoms with Gasteiger partial charge in [-0.15, -0.1) is 11.6 Å². The Morgan fingerprint density at radius 3 is 2.81 bits per heavy atom. The van der Waals surface area contributed by atoms with Crippen molar-refractivity contribution in [2.45, 2.75) is 39.2 Å². The topological polar surface area (TPSA) is 48.5 Å². The second kappa shape index (κ2) is 5.48. The molecule has 3 heterocycles. The van der Waals surface area contributed by atoms with Crippen LogP contribution in [0.25, 0.3) is 11.2 Å². The van der Waals surface area contributed by atoms with E-state index in [-0.39, 0.29) is 5.38 Å². The van der Waals surface area contributed by atoms with Crippen LogP contribution in [-0.4, -0.2) is 24.3 Å². The molecular weight excluding hydrogens is 286 g/mol. The van der Waals surface area contributed by atoms with Gasteiger partial charge in [-0.3, -0.25) is 4.98 Å². The zero-order valence-corrected chi connectivity index (χ0v) is 13.2. The largest absolute Gasteiger partial charge is 0.307 e. The summed E-state index contributed by atoms with van der Waals surface area (Å²) in [6, 6.07) is 4.00. The van der Waals surface area contributed by atoms with Crippen LogP contribution >= 0.6 is 11.6 Å². The second-order valence-corrected chi connectivity index (χ2v) is 5.76. The minimum absolute atomic E-state index is 0.154. The Labute approximate surface area is 128 Å². The molecule has 6 heteroatoms. The molecule has 5 nitrogen and oxygen atoms in total. The molecule has 3 rings (SSSR count). The van der Waals surface area contributed by atoms with Crippen molar-refractivity contribution in [2.75, 3.05) is 0 Å². The smallest absolute Gasteiger partial charge is 0.159 e. The Balaban J connectivity index is 2.20. The first-order valence-corrected chi connectivity index (χ1v) is 7.52. The van der Waals surface area contributed by atoms with Crippen molar-refractivity contribution in [2.24, 2.45) is 0 Å². The van der Waals surface area contributed by atoms with Gasteiger partial charge in [-0.25, -0.2) is 9.67 Å². The third-order valence-corrected chi connectivity index (χ3v) is 3.74. The fraction of sp³-hybridized carbons (Fsp3) is 0.400. The molecule has 0 radical (unpaired) electrons. The van der Waals surface area contributed by atoms with Gasteiger partial charge in [0.05, 0.1) is 17.6 Å². The van der Waals surface area contributed by atoms with Gasteiger partial charge in [0.1, 0.15) is 11.3 Å². The number of alkyl halides is 1. The average molecular weight is 304 g/mol. The van der Waals surface area contributed by atoms with Crippen molar-refractivity contribution in [3.05, 3.63) is 41.6 Å². The molecule has 0 aromatic carbocycles. The van der Waals surface area contributed by atoms with Gasteiger partial charge in [0.25, 0.3) is 0 Å². The Bertz CT molecular complexity index is 757. The van der Waals surface area contributed by atoms with Crippen LogP contribution in [0.1, 0.15) is 36.3 Å². The lowest BCUT2D eigenvalue weighted by atomic mass is 10.3. The highest BCUT2D eigenvalue weighted by molar-refractivity contribution is 6.20. The highest BCUT2D eigenvalue weighted by Gasteiger charge is 2.20. The van der Waals surface area contributed by atoms with E-state index in [4.69, 9.17) is 16.6 Å². The lowest BCUT2D eigenvalue weighted by molar-refractivity contribution is 0.633. The summed E-state index contributed by atoms with van der Waals surface area (Å²) in [5, 5.41) is 4.39. The van der Waals surface area contributed by atoms with E-state index in [0.29, 0.717) is 6.54 Å². The van der Waals surface area contributed by atoms with E-state index in [2.05, 4.69) is 27.6 Å². The molecule has 0 aliphatic rings. The number of imidazole rings is 1. The van der Waals surface area contributed by atoms with Crippen LogP contribution in [0.4, 0.5) is 0 Å². The van der Waals surface area contributed by atoms with E-state index < -0.39 is 0 Å². The van der Waals surface area contributed by atoms with Crippen molar-refractivity contribution in [3.8, 4) is 0 Å². The predicted octanol–water partition coefficient (Wildman–Crippen LogP) is 3.30. The SMILES string of the molecule is CCn1nc(C)c2nc(C(C)Cl)n(Cc3cccnc3)c21. The monoisotopic (exact) mass is 303 g/mol. The zero-order valence-electron chi connectivity index (χ0n) is 12.4. The second-order valence-electron chi connectivity index (χ2n) is 5.11. The number of hydrogen-bond acceptors (Lipinski definition) is 3. The molecule has 1 unspecified atom stereocenters. The molecule has 1 atom stereocenters. The van der Waals surface area contributed by atoms with Gasteiger partial charge >= 0.3 is 0 Å². The molecule has 0 spiro atoms. The highest BCUT2D eigenvalue weighted by atomic mass is 35.5. The predicted molar refractivity (Wildman–Crippen MR) is 83.5 cm³/mol. The van der Waals surface area contributed by atoms with Crippen LogP contribution in [0, 0.1) is 6.92 Å². The van der Waals surface area contributed by atoms with Gasteiger partial charge in [-0.2, -0.15) is 5.10 Å². The molecule has 21 heavy (non-hydrogen) atoms. The first kappa shape index (κ1) is 14.1. The number of nitrogens with zero attached hydrogens (tertiary/aromatic N) is 5. The Kier molecular flexibility index (Phi) is 3.68. The molecule has 0 amide bonds. The zero-order chi connectivity index (χ0) is 15.0. The van der Waals surface area contributed by atoms with Gasteiger partial charge in [0.15, 0.2) is 5.65 Å². The molecule has 0 fully saturated rings. The molecule has 0 bridgehead atoms. The number of aromatic nitrogens is 5. The van der Waals surface area contributed by atoms with Gasteiger partial charge < -0.3 is 4.57 Å². The fourth-order valence-corrected chi connectivity index (χ4v) is 2.76. The Morgan fingerprint density at radius 2 is 2.19 bits per heavy atom. The van der Waals surface area contributed by atoms with Crippen LogP contribution < -0.4 is 0 Å². The Morgan fingerprint density at radius 1 is 1.38 bits per heavy atom. The normalized spacial score (nSPS) is 13.0. The summed E-state index contributed by atoms with van der Waals surface area (Å²) in [6.07, 6.45) is 3.65. The van der Waals surface area contributed by atoms with Crippen molar-refractivity contribution in [1.29, 1.82) is 0 Å². The van der Waals surface area contributed by atoms with Crippen molar-refractivity contribution >= 4 is 22.8 Å². The van der Waals surface area contributed by atoms with E-state index in [1.54, 1.807) is 6.20 Å². The molecule has 0 saturated carbocycles. The van der Waals surface area contributed by atoms with E-state index in [1.165, 1.54) is 0 Å². The molecule has 0 N–H and O–H groups in total. The lowest BCUT2D eigenvalue weighted by Gasteiger charge is -2.11. The first-order chi connectivity index (χ1) is 10.1. The lowest BCUT2D eigenvalue weighted by Crippen LogP contribution is -2.10. The summed E-state index contributed by atoms with van der Waals surface area (Å²) >= 11 is 6.32. The van der Waals surface area contributed by atoms with E-state index in [9.17, 15) is 0 Å². The average Bonchev–Trinajstić information content (AvgIpc) is 2.99. The molecule has 110 valence electrons. The van der Waals surface area contributed by atoms with Crippen LogP contribution in [-0.2, 0) is 13.1 Å². The third-order valence-electron chi connectivity index (χ3n) is 3.55. The summed E-state index contributed by atoms with van der Waals surface area (Å²) in [5.74, 6) is 0.873. The molecule has 0 aliphatic heterocycles. The number of rotatable bonds is 4. The fourth-order valence-electron chi connectivity index (χ4n) is 2.60. The number of halogens is 1. The number of pyridine rings is 1. The van der Waals surface area contributed by atoms with E-state index in [0.717, 1.165) is 34.8 Å². The van der Waals surface area contributed by atoms with Crippen LogP contribution in [0.3, 0.4) is 0 Å². The summed E-state index contributed by atoms with van der Waals surface area (Å²) < 4.78 is 4.13. The standard InChI is InChI=1S/C15H18ClN5/c1-4-21-15-13(11(3)19-21)18-14(10(2)16)20(15)9-12-6-5-7-17-8-12/h5-8,10H,4,9H2,1-3H3. The van der Waals surface area contributed by atoms with Crippen LogP contribution in [0.15, 0.2) is 24.5 Å². The number of fused-ring (bicyclic) bond motifs is 1. The molecular formula is C15H18ClN5. The van der Waals surface area contributed by atoms with Gasteiger partial charge in [-0.1, -0.05) is 6.07 Å². The summed E-state index contributed by atoms with van der Waals surface area (Å²) in [4.78, 5) is 8.88. The third kappa shape index (κ3) is 2.42. The van der Waals surface area contributed by atoms with Crippen molar-refractivity contribution in [3.63, 3.8) is 0 Å². The summed E-state index contributed by atoms with van der Waals surface area (Å²) in [5.41, 5.74) is 4.02. The minimum atomic E-state index is -0.154. The maximum absolute atomic E-state index is 6.32. The van der Waals surface area contributed by atoms with E-state index >= 15 is 0 Å². The highest BCUT2D eigenvalue weighted by Crippen LogP contribution is 2.27. The van der Waals surface area contributed by atoms with Gasteiger partial charge in [0.2, 0.25) is 0 Å². The van der Waals surface area contributed by atoms with Crippen molar-refractivity contribution in [1.82, 2.24) is 24.3 Å². The van der Waals surface area contributed by atoms with Crippen LogP contribution in [0.2, 0.25) is 0 Å². The molecule has 3 aromatic heterocycles. The van der Waals surface area contributed by atoms with Crippen molar-refractivity contribution < 1.29 is 0 Å². The maximum Gasteiger partial charge on any atom is 0.159 e. The van der Waals surface area contributed by atoms with Gasteiger partial charge in [0, 0.05) is 18.9 Å². The maximum atomic E-state index is 6.32. The van der Waals surface area contributed by atoms with E-state index in [1.807, 2.05) is 30.8 Å². The van der Waals surface area contributed by atoms with Crippen LogP contribution in [0.5, 0.6) is 0 Å².